The molecule has 1 atom stereocenters. The third kappa shape index (κ3) is 4.12. The maximum Gasteiger partial charge on any atom is 0.305 e. The minimum atomic E-state index is -1.06. The van der Waals surface area contributed by atoms with E-state index in [0.717, 1.165) is 0 Å². The molecule has 114 valence electrons. The summed E-state index contributed by atoms with van der Waals surface area (Å²) in [7, 11) is 0. The molecule has 1 amide bonds. The number of aromatic nitrogens is 1. The van der Waals surface area contributed by atoms with Crippen molar-refractivity contribution < 1.29 is 19.1 Å². The molecule has 0 spiro atoms. The maximum atomic E-state index is 13.0. The molecule has 0 saturated heterocycles. The number of hydrogen-bond acceptors (Lipinski definition) is 3. The summed E-state index contributed by atoms with van der Waals surface area (Å²) in [5.41, 5.74) is 1.41. The Balaban J connectivity index is 2.21. The smallest absolute Gasteiger partial charge is 0.305 e. The number of nitrogens with zero attached hydrogens (tertiary/aromatic N) is 1. The van der Waals surface area contributed by atoms with Gasteiger partial charge in [0.2, 0.25) is 0 Å². The van der Waals surface area contributed by atoms with Crippen molar-refractivity contribution in [2.45, 2.75) is 19.4 Å². The quantitative estimate of drug-likeness (QED) is 0.889. The van der Waals surface area contributed by atoms with Gasteiger partial charge in [0.05, 0.1) is 12.5 Å². The van der Waals surface area contributed by atoms with Crippen LogP contribution in [-0.4, -0.2) is 22.0 Å². The number of hydrogen-bond donors (Lipinski definition) is 2. The molecule has 5 nitrogen and oxygen atoms in total. The largest absolute Gasteiger partial charge is 0.481 e. The number of carbonyl (C=O) groups excluding carboxylic acids is 1. The van der Waals surface area contributed by atoms with Gasteiger partial charge in [-0.25, -0.2) is 9.37 Å². The van der Waals surface area contributed by atoms with E-state index in [2.05, 4.69) is 10.3 Å². The summed E-state index contributed by atoms with van der Waals surface area (Å²) in [5.74, 6) is -1.96. The Morgan fingerprint density at radius 3 is 2.50 bits per heavy atom. The monoisotopic (exact) mass is 302 g/mol. The lowest BCUT2D eigenvalue weighted by atomic mass is 10.0. The van der Waals surface area contributed by atoms with Crippen LogP contribution in [0.5, 0.6) is 0 Å². The first-order valence-electron chi connectivity index (χ1n) is 6.67. The number of benzene rings is 1. The van der Waals surface area contributed by atoms with Gasteiger partial charge < -0.3 is 10.4 Å². The van der Waals surface area contributed by atoms with Gasteiger partial charge in [0.25, 0.3) is 5.91 Å². The van der Waals surface area contributed by atoms with Gasteiger partial charge in [-0.3, -0.25) is 9.59 Å². The molecule has 2 rings (SSSR count). The number of pyridine rings is 1. The van der Waals surface area contributed by atoms with Crippen LogP contribution >= 0.6 is 0 Å². The van der Waals surface area contributed by atoms with Crippen LogP contribution in [0.4, 0.5) is 4.39 Å². The molecule has 22 heavy (non-hydrogen) atoms. The molecule has 1 aromatic carbocycles. The van der Waals surface area contributed by atoms with E-state index >= 15 is 0 Å². The second kappa shape index (κ2) is 6.80. The van der Waals surface area contributed by atoms with Crippen LogP contribution in [-0.2, 0) is 4.79 Å². The highest BCUT2D eigenvalue weighted by molar-refractivity contribution is 5.92. The molecule has 1 aromatic heterocycles. The number of aryl methyl sites for hydroxylation is 1. The summed E-state index contributed by atoms with van der Waals surface area (Å²) in [6.45, 7) is 1.76. The molecule has 0 aliphatic rings. The zero-order valence-corrected chi connectivity index (χ0v) is 11.9. The fourth-order valence-corrected chi connectivity index (χ4v) is 2.02. The highest BCUT2D eigenvalue weighted by Gasteiger charge is 2.19. The summed E-state index contributed by atoms with van der Waals surface area (Å²) in [5, 5.41) is 11.6. The zero-order chi connectivity index (χ0) is 16.1. The van der Waals surface area contributed by atoms with Gasteiger partial charge in [0, 0.05) is 5.69 Å². The lowest BCUT2D eigenvalue weighted by molar-refractivity contribution is -0.137. The normalized spacial score (nSPS) is 11.7. The minimum absolute atomic E-state index is 0.206. The molecule has 0 aliphatic carbocycles. The van der Waals surface area contributed by atoms with Crippen LogP contribution in [0.15, 0.2) is 42.5 Å². The molecule has 0 bridgehead atoms. The number of carboxylic acid groups (broad SMARTS) is 1. The molecular formula is C16H15FN2O3. The fourth-order valence-electron chi connectivity index (χ4n) is 2.02. The number of carboxylic acids is 1. The number of nitrogens with one attached hydrogen (secondary N) is 1. The molecule has 6 heteroatoms. The first-order chi connectivity index (χ1) is 10.5. The number of carbonyl (C=O) groups is 2. The highest BCUT2D eigenvalue weighted by atomic mass is 19.1. The fraction of sp³-hybridized carbons (Fsp3) is 0.188. The van der Waals surface area contributed by atoms with Crippen LogP contribution < -0.4 is 5.32 Å². The van der Waals surface area contributed by atoms with Gasteiger partial charge in [0.1, 0.15) is 11.5 Å². The van der Waals surface area contributed by atoms with Crippen LogP contribution in [0.3, 0.4) is 0 Å². The number of rotatable bonds is 5. The predicted octanol–water partition coefficient (Wildman–Crippen LogP) is 2.47. The zero-order valence-electron chi connectivity index (χ0n) is 11.9. The van der Waals surface area contributed by atoms with Crippen LogP contribution in [0.25, 0.3) is 0 Å². The van der Waals surface area contributed by atoms with Gasteiger partial charge in [-0.15, -0.1) is 0 Å². The van der Waals surface area contributed by atoms with Crippen molar-refractivity contribution >= 4 is 11.9 Å². The molecule has 0 aliphatic heterocycles. The van der Waals surface area contributed by atoms with Gasteiger partial charge in [-0.1, -0.05) is 18.2 Å². The third-order valence-corrected chi connectivity index (χ3v) is 3.08. The van der Waals surface area contributed by atoms with Gasteiger partial charge in [-0.2, -0.15) is 0 Å². The van der Waals surface area contributed by atoms with Crippen molar-refractivity contribution in [3.63, 3.8) is 0 Å². The van der Waals surface area contributed by atoms with Crippen molar-refractivity contribution in [1.82, 2.24) is 10.3 Å². The van der Waals surface area contributed by atoms with Crippen molar-refractivity contribution in [3.05, 3.63) is 65.2 Å². The second-order valence-electron chi connectivity index (χ2n) is 4.84. The van der Waals surface area contributed by atoms with E-state index in [1.165, 1.54) is 24.3 Å². The maximum absolute atomic E-state index is 13.0. The first kappa shape index (κ1) is 15.6. The number of halogens is 1. The average molecular weight is 302 g/mol. The summed E-state index contributed by atoms with van der Waals surface area (Å²) < 4.78 is 13.0. The topological polar surface area (TPSA) is 79.3 Å². The molecular weight excluding hydrogens is 287 g/mol. The molecule has 1 heterocycles. The Morgan fingerprint density at radius 1 is 1.23 bits per heavy atom. The Morgan fingerprint density at radius 2 is 1.91 bits per heavy atom. The molecule has 0 fully saturated rings. The van der Waals surface area contributed by atoms with E-state index in [4.69, 9.17) is 5.11 Å². The summed E-state index contributed by atoms with van der Waals surface area (Å²) >= 11 is 0. The summed E-state index contributed by atoms with van der Waals surface area (Å²) in [6.07, 6.45) is -0.302. The molecule has 2 N–H and O–H groups in total. The Hall–Kier alpha value is -2.76. The average Bonchev–Trinajstić information content (AvgIpc) is 2.47. The van der Waals surface area contributed by atoms with E-state index in [1.54, 1.807) is 25.1 Å². The SMILES string of the molecule is Cc1cccc(C(=O)N[C@@H](CC(=O)O)c2ccc(F)cc2)n1. The van der Waals surface area contributed by atoms with Crippen LogP contribution in [0.1, 0.15) is 34.2 Å². The summed E-state index contributed by atoms with van der Waals surface area (Å²) in [4.78, 5) is 27.3. The van der Waals surface area contributed by atoms with Gasteiger partial charge in [-0.05, 0) is 36.8 Å². The van der Waals surface area contributed by atoms with Gasteiger partial charge >= 0.3 is 5.97 Å². The molecule has 0 saturated carbocycles. The second-order valence-corrected chi connectivity index (χ2v) is 4.84. The Labute approximate surface area is 126 Å². The lowest BCUT2D eigenvalue weighted by Crippen LogP contribution is -2.30. The van der Waals surface area contributed by atoms with Crippen LogP contribution in [0.2, 0.25) is 0 Å². The molecule has 0 unspecified atom stereocenters. The van der Waals surface area contributed by atoms with Crippen LogP contribution in [0, 0.1) is 12.7 Å². The Kier molecular flexibility index (Phi) is 4.83. The van der Waals surface area contributed by atoms with Crippen molar-refractivity contribution in [1.29, 1.82) is 0 Å². The van der Waals surface area contributed by atoms with E-state index in [0.29, 0.717) is 11.3 Å². The highest BCUT2D eigenvalue weighted by Crippen LogP contribution is 2.18. The standard InChI is InChI=1S/C16H15FN2O3/c1-10-3-2-4-13(18-10)16(22)19-14(9-15(20)21)11-5-7-12(17)8-6-11/h2-8,14H,9H2,1H3,(H,19,22)(H,20,21)/t14-/m0/s1. The van der Waals surface area contributed by atoms with E-state index in [-0.39, 0.29) is 12.1 Å². The van der Waals surface area contributed by atoms with Crippen molar-refractivity contribution in [3.8, 4) is 0 Å². The summed E-state index contributed by atoms with van der Waals surface area (Å²) in [6, 6.07) is 9.59. The van der Waals surface area contributed by atoms with Crippen molar-refractivity contribution in [2.24, 2.45) is 0 Å². The number of aliphatic carboxylic acids is 1. The van der Waals surface area contributed by atoms with E-state index < -0.39 is 23.7 Å². The minimum Gasteiger partial charge on any atom is -0.481 e. The van der Waals surface area contributed by atoms with Gasteiger partial charge in [0.15, 0.2) is 0 Å². The lowest BCUT2D eigenvalue weighted by Gasteiger charge is -2.17. The van der Waals surface area contributed by atoms with Crippen molar-refractivity contribution in [2.75, 3.05) is 0 Å². The first-order valence-corrected chi connectivity index (χ1v) is 6.67. The predicted molar refractivity (Wildman–Crippen MR) is 77.8 cm³/mol. The van der Waals surface area contributed by atoms with E-state index in [1.807, 2.05) is 0 Å². The molecule has 2 aromatic rings. The third-order valence-electron chi connectivity index (χ3n) is 3.08. The van der Waals surface area contributed by atoms with E-state index in [9.17, 15) is 14.0 Å². The number of amides is 1. The molecule has 0 radical (unpaired) electrons. The Bertz CT molecular complexity index is 686.